The summed E-state index contributed by atoms with van der Waals surface area (Å²) in [6, 6.07) is 17.0. The highest BCUT2D eigenvalue weighted by atomic mass is 16.5. The van der Waals surface area contributed by atoms with Gasteiger partial charge in [0.15, 0.2) is 0 Å². The number of carbonyl (C=O) groups is 1. The van der Waals surface area contributed by atoms with Crippen LogP contribution in [0, 0.1) is 5.92 Å². The van der Waals surface area contributed by atoms with E-state index < -0.39 is 0 Å². The van der Waals surface area contributed by atoms with Gasteiger partial charge in [0, 0.05) is 12.6 Å². The van der Waals surface area contributed by atoms with E-state index in [1.165, 1.54) is 0 Å². The van der Waals surface area contributed by atoms with Crippen molar-refractivity contribution in [2.45, 2.75) is 19.9 Å². The van der Waals surface area contributed by atoms with E-state index in [1.54, 1.807) is 24.9 Å². The number of imidazole rings is 1. The van der Waals surface area contributed by atoms with Crippen molar-refractivity contribution < 1.29 is 9.53 Å². The number of amides is 1. The molecule has 2 aromatic carbocycles. The van der Waals surface area contributed by atoms with Gasteiger partial charge < -0.3 is 15.0 Å². The van der Waals surface area contributed by atoms with Gasteiger partial charge >= 0.3 is 0 Å². The molecule has 0 bridgehead atoms. The average Bonchev–Trinajstić information content (AvgIpc) is 3.35. The molecule has 2 N–H and O–H groups in total. The minimum absolute atomic E-state index is 0.156. The summed E-state index contributed by atoms with van der Waals surface area (Å²) < 4.78 is 6.81. The Hall–Kier alpha value is -3.61. The summed E-state index contributed by atoms with van der Waals surface area (Å²) in [5.41, 5.74) is 3.98. The van der Waals surface area contributed by atoms with Crippen LogP contribution < -0.4 is 10.1 Å². The van der Waals surface area contributed by atoms with E-state index in [-0.39, 0.29) is 17.9 Å². The Kier molecular flexibility index (Phi) is 5.27. The Labute approximate surface area is 175 Å². The van der Waals surface area contributed by atoms with Gasteiger partial charge in [-0.1, -0.05) is 26.0 Å². The van der Waals surface area contributed by atoms with Crippen LogP contribution in [0.5, 0.6) is 5.75 Å². The van der Waals surface area contributed by atoms with Gasteiger partial charge in [-0.3, -0.25) is 9.48 Å². The first-order valence-electron chi connectivity index (χ1n) is 9.90. The molecule has 0 aliphatic rings. The largest absolute Gasteiger partial charge is 0.497 e. The van der Waals surface area contributed by atoms with Crippen LogP contribution >= 0.6 is 0 Å². The fraction of sp³-hybridized carbons (Fsp3) is 0.261. The normalized spacial score (nSPS) is 12.3. The maximum atomic E-state index is 13.1. The number of para-hydroxylation sites is 2. The molecule has 2 aromatic heterocycles. The zero-order valence-corrected chi connectivity index (χ0v) is 17.5. The van der Waals surface area contributed by atoms with Crippen LogP contribution in [0.3, 0.4) is 0 Å². The van der Waals surface area contributed by atoms with Gasteiger partial charge in [0.2, 0.25) is 0 Å². The number of benzene rings is 2. The molecule has 4 aromatic rings. The summed E-state index contributed by atoms with van der Waals surface area (Å²) in [5.74, 6) is 1.49. The van der Waals surface area contributed by atoms with Crippen LogP contribution in [0.25, 0.3) is 22.3 Å². The van der Waals surface area contributed by atoms with E-state index in [9.17, 15) is 4.79 Å². The molecule has 1 atom stereocenters. The Morgan fingerprint density at radius 3 is 2.53 bits per heavy atom. The van der Waals surface area contributed by atoms with E-state index in [0.717, 1.165) is 33.9 Å². The molecule has 0 spiro atoms. The third-order valence-corrected chi connectivity index (χ3v) is 5.15. The Morgan fingerprint density at radius 1 is 1.13 bits per heavy atom. The first-order valence-corrected chi connectivity index (χ1v) is 9.90. The third kappa shape index (κ3) is 3.78. The third-order valence-electron chi connectivity index (χ3n) is 5.15. The molecule has 7 nitrogen and oxygen atoms in total. The molecule has 7 heteroatoms. The summed E-state index contributed by atoms with van der Waals surface area (Å²) in [4.78, 5) is 21.1. The van der Waals surface area contributed by atoms with Crippen LogP contribution in [0.2, 0.25) is 0 Å². The standard InChI is InChI=1S/C23H25N5O2/c1-14(2)21(22-24-17-7-5-6-8-18(17)25-22)26-23(29)20-13-19(27-28(20)3)15-9-11-16(30-4)12-10-15/h5-14,21H,1-4H3,(H,24,25)(H,26,29). The van der Waals surface area contributed by atoms with Gasteiger partial charge in [-0.15, -0.1) is 0 Å². The van der Waals surface area contributed by atoms with E-state index in [4.69, 9.17) is 4.74 Å². The molecule has 0 saturated carbocycles. The number of ether oxygens (including phenoxy) is 1. The van der Waals surface area contributed by atoms with Crippen LogP contribution in [0.1, 0.15) is 36.2 Å². The molecule has 1 amide bonds. The van der Waals surface area contributed by atoms with Crippen LogP contribution in [0.15, 0.2) is 54.6 Å². The Morgan fingerprint density at radius 2 is 1.87 bits per heavy atom. The van der Waals surface area contributed by atoms with Crippen molar-refractivity contribution in [2.75, 3.05) is 7.11 Å². The average molecular weight is 403 g/mol. The predicted octanol–water partition coefficient (Wildman–Crippen LogP) is 4.10. The highest BCUT2D eigenvalue weighted by Crippen LogP contribution is 2.25. The van der Waals surface area contributed by atoms with Gasteiger partial charge in [-0.2, -0.15) is 5.10 Å². The molecule has 0 aliphatic heterocycles. The molecule has 0 fully saturated rings. The lowest BCUT2D eigenvalue weighted by Crippen LogP contribution is -2.33. The monoisotopic (exact) mass is 403 g/mol. The summed E-state index contributed by atoms with van der Waals surface area (Å²) in [6.45, 7) is 4.12. The van der Waals surface area contributed by atoms with E-state index in [1.807, 2.05) is 48.5 Å². The number of nitrogens with zero attached hydrogens (tertiary/aromatic N) is 3. The highest BCUT2D eigenvalue weighted by Gasteiger charge is 2.24. The fourth-order valence-electron chi connectivity index (χ4n) is 3.47. The topological polar surface area (TPSA) is 84.8 Å². The summed E-state index contributed by atoms with van der Waals surface area (Å²) in [6.07, 6.45) is 0. The lowest BCUT2D eigenvalue weighted by molar-refractivity contribution is 0.0913. The maximum absolute atomic E-state index is 13.1. The molecule has 0 radical (unpaired) electrons. The fourth-order valence-corrected chi connectivity index (χ4v) is 3.47. The van der Waals surface area contributed by atoms with E-state index in [0.29, 0.717) is 5.69 Å². The number of aromatic nitrogens is 4. The van der Waals surface area contributed by atoms with Gasteiger partial charge in [-0.25, -0.2) is 4.98 Å². The van der Waals surface area contributed by atoms with Gasteiger partial charge in [0.1, 0.15) is 17.3 Å². The van der Waals surface area contributed by atoms with Crippen molar-refractivity contribution >= 4 is 16.9 Å². The smallest absolute Gasteiger partial charge is 0.270 e. The first kappa shape index (κ1) is 19.7. The second kappa shape index (κ2) is 8.02. The SMILES string of the molecule is COc1ccc(-c2cc(C(=O)NC(c3nc4ccccc4[nH]3)C(C)C)n(C)n2)cc1. The molecular formula is C23H25N5O2. The number of aromatic amines is 1. The number of rotatable bonds is 6. The lowest BCUT2D eigenvalue weighted by atomic mass is 10.0. The van der Waals surface area contributed by atoms with Crippen molar-refractivity contribution in [2.24, 2.45) is 13.0 Å². The highest BCUT2D eigenvalue weighted by molar-refractivity contribution is 5.94. The summed E-state index contributed by atoms with van der Waals surface area (Å²) in [7, 11) is 3.40. The first-order chi connectivity index (χ1) is 14.5. The van der Waals surface area contributed by atoms with Gasteiger partial charge in [0.05, 0.1) is 29.9 Å². The van der Waals surface area contributed by atoms with Crippen molar-refractivity contribution in [3.8, 4) is 17.0 Å². The molecule has 1 unspecified atom stereocenters. The zero-order chi connectivity index (χ0) is 21.3. The van der Waals surface area contributed by atoms with Crippen molar-refractivity contribution in [3.63, 3.8) is 0 Å². The molecule has 154 valence electrons. The molecular weight excluding hydrogens is 378 g/mol. The van der Waals surface area contributed by atoms with Gasteiger partial charge in [0.25, 0.3) is 5.91 Å². The van der Waals surface area contributed by atoms with E-state index in [2.05, 4.69) is 34.2 Å². The Balaban J connectivity index is 1.59. The molecule has 0 aliphatic carbocycles. The van der Waals surface area contributed by atoms with Crippen LogP contribution in [-0.2, 0) is 7.05 Å². The number of hydrogen-bond donors (Lipinski definition) is 2. The predicted molar refractivity (Wildman–Crippen MR) is 116 cm³/mol. The molecule has 2 heterocycles. The number of carbonyl (C=O) groups excluding carboxylic acids is 1. The minimum atomic E-state index is -0.246. The maximum Gasteiger partial charge on any atom is 0.270 e. The van der Waals surface area contributed by atoms with Crippen molar-refractivity contribution in [3.05, 3.63) is 66.1 Å². The van der Waals surface area contributed by atoms with Crippen LogP contribution in [-0.4, -0.2) is 32.8 Å². The second-order valence-corrected chi connectivity index (χ2v) is 7.60. The van der Waals surface area contributed by atoms with Crippen LogP contribution in [0.4, 0.5) is 0 Å². The number of aryl methyl sites for hydroxylation is 1. The minimum Gasteiger partial charge on any atom is -0.497 e. The number of fused-ring (bicyclic) bond motifs is 1. The molecule has 0 saturated heterocycles. The summed E-state index contributed by atoms with van der Waals surface area (Å²) in [5, 5.41) is 7.63. The zero-order valence-electron chi connectivity index (χ0n) is 17.5. The number of nitrogens with one attached hydrogen (secondary N) is 2. The molecule has 4 rings (SSSR count). The van der Waals surface area contributed by atoms with Crippen molar-refractivity contribution in [1.29, 1.82) is 0 Å². The number of methoxy groups -OCH3 is 1. The second-order valence-electron chi connectivity index (χ2n) is 7.60. The number of hydrogen-bond acceptors (Lipinski definition) is 4. The summed E-state index contributed by atoms with van der Waals surface area (Å²) >= 11 is 0. The van der Waals surface area contributed by atoms with Crippen molar-refractivity contribution in [1.82, 2.24) is 25.1 Å². The quantitative estimate of drug-likeness (QED) is 0.508. The van der Waals surface area contributed by atoms with Gasteiger partial charge in [-0.05, 0) is 48.4 Å². The number of H-pyrrole nitrogens is 1. The Bertz CT molecular complexity index is 1140. The van der Waals surface area contributed by atoms with E-state index >= 15 is 0 Å². The molecule has 30 heavy (non-hydrogen) atoms. The lowest BCUT2D eigenvalue weighted by Gasteiger charge is -2.20.